The zero-order valence-corrected chi connectivity index (χ0v) is 9.19. The molecule has 0 bridgehead atoms. The Bertz CT molecular complexity index is 718. The number of hydrogen-bond acceptors (Lipinski definition) is 4. The lowest BCUT2D eigenvalue weighted by Gasteiger charge is -2.00. The Morgan fingerprint density at radius 2 is 1.89 bits per heavy atom. The highest BCUT2D eigenvalue weighted by Gasteiger charge is 2.09. The first-order valence-electron chi connectivity index (χ1n) is 5.23. The van der Waals surface area contributed by atoms with Crippen LogP contribution < -0.4 is 0 Å². The molecule has 0 radical (unpaired) electrons. The summed E-state index contributed by atoms with van der Waals surface area (Å²) in [6, 6.07) is 5.64. The van der Waals surface area contributed by atoms with Crippen LogP contribution in [0, 0.1) is 0 Å². The van der Waals surface area contributed by atoms with Crippen molar-refractivity contribution in [1.82, 2.24) is 19.4 Å². The van der Waals surface area contributed by atoms with Crippen LogP contribution >= 0.6 is 0 Å². The van der Waals surface area contributed by atoms with Crippen molar-refractivity contribution in [3.8, 4) is 11.5 Å². The molecule has 6 heteroatoms. The predicted octanol–water partition coefficient (Wildman–Crippen LogP) is 1.49. The first-order valence-corrected chi connectivity index (χ1v) is 5.23. The summed E-state index contributed by atoms with van der Waals surface area (Å²) in [7, 11) is 0. The van der Waals surface area contributed by atoms with E-state index in [1.54, 1.807) is 6.20 Å². The molecule has 0 aromatic carbocycles. The van der Waals surface area contributed by atoms with E-state index < -0.39 is 5.97 Å². The molecule has 1 N–H and O–H groups in total. The van der Waals surface area contributed by atoms with E-state index in [1.165, 1.54) is 12.4 Å². The van der Waals surface area contributed by atoms with Crippen LogP contribution in [0.2, 0.25) is 0 Å². The lowest BCUT2D eigenvalue weighted by atomic mass is 10.3. The number of fused-ring (bicyclic) bond motifs is 1. The highest BCUT2D eigenvalue weighted by atomic mass is 16.4. The topological polar surface area (TPSA) is 80.4 Å². The van der Waals surface area contributed by atoms with Crippen molar-refractivity contribution in [2.24, 2.45) is 0 Å². The number of rotatable bonds is 2. The molecule has 6 nitrogen and oxygen atoms in total. The van der Waals surface area contributed by atoms with Gasteiger partial charge in [-0.15, -0.1) is 0 Å². The monoisotopic (exact) mass is 240 g/mol. The predicted molar refractivity (Wildman–Crippen MR) is 63.2 cm³/mol. The van der Waals surface area contributed by atoms with E-state index in [4.69, 9.17) is 5.11 Å². The van der Waals surface area contributed by atoms with Gasteiger partial charge < -0.3 is 5.11 Å². The van der Waals surface area contributed by atoms with Crippen molar-refractivity contribution >= 4 is 11.6 Å². The number of carboxylic acid groups (broad SMARTS) is 1. The highest BCUT2D eigenvalue weighted by Crippen LogP contribution is 2.16. The minimum atomic E-state index is -1.04. The van der Waals surface area contributed by atoms with Gasteiger partial charge in [0, 0.05) is 18.6 Å². The molecule has 3 heterocycles. The maximum atomic E-state index is 10.7. The van der Waals surface area contributed by atoms with Gasteiger partial charge >= 0.3 is 5.97 Å². The number of aromatic carboxylic acids is 1. The second kappa shape index (κ2) is 3.92. The SMILES string of the molecule is O=C(O)c1cnc(-c2cnc3ccccn23)nc1. The Hall–Kier alpha value is -2.76. The fraction of sp³-hybridized carbons (Fsp3) is 0. The van der Waals surface area contributed by atoms with Gasteiger partial charge in [0.1, 0.15) is 11.3 Å². The van der Waals surface area contributed by atoms with Gasteiger partial charge in [0.05, 0.1) is 11.8 Å². The number of nitrogens with zero attached hydrogens (tertiary/aromatic N) is 4. The standard InChI is InChI=1S/C12H8N4O2/c17-12(18)8-5-14-11(15-6-8)9-7-13-10-3-1-2-4-16(9)10/h1-7H,(H,17,18). The van der Waals surface area contributed by atoms with E-state index in [0.29, 0.717) is 5.82 Å². The molecule has 0 saturated heterocycles. The fourth-order valence-electron chi connectivity index (χ4n) is 1.67. The Morgan fingerprint density at radius 1 is 1.11 bits per heavy atom. The van der Waals surface area contributed by atoms with Crippen LogP contribution in [0.15, 0.2) is 43.0 Å². The molecule has 0 atom stereocenters. The molecule has 18 heavy (non-hydrogen) atoms. The van der Waals surface area contributed by atoms with Crippen LogP contribution in [-0.4, -0.2) is 30.4 Å². The van der Waals surface area contributed by atoms with Crippen molar-refractivity contribution in [3.05, 3.63) is 48.5 Å². The van der Waals surface area contributed by atoms with Crippen molar-refractivity contribution in [1.29, 1.82) is 0 Å². The van der Waals surface area contributed by atoms with Crippen molar-refractivity contribution in [2.75, 3.05) is 0 Å². The average Bonchev–Trinajstić information content (AvgIpc) is 2.82. The summed E-state index contributed by atoms with van der Waals surface area (Å²) in [4.78, 5) is 23.0. The van der Waals surface area contributed by atoms with Gasteiger partial charge in [-0.2, -0.15) is 0 Å². The normalized spacial score (nSPS) is 10.7. The molecule has 3 rings (SSSR count). The summed E-state index contributed by atoms with van der Waals surface area (Å²) in [6.07, 6.45) is 6.08. The third-order valence-electron chi connectivity index (χ3n) is 2.54. The van der Waals surface area contributed by atoms with Crippen LogP contribution in [0.3, 0.4) is 0 Å². The second-order valence-corrected chi connectivity index (χ2v) is 3.67. The lowest BCUT2D eigenvalue weighted by Crippen LogP contribution is -2.00. The Kier molecular flexibility index (Phi) is 2.26. The highest BCUT2D eigenvalue weighted by molar-refractivity contribution is 5.86. The van der Waals surface area contributed by atoms with Crippen molar-refractivity contribution in [3.63, 3.8) is 0 Å². The first-order chi connectivity index (χ1) is 8.75. The third kappa shape index (κ3) is 1.60. The smallest absolute Gasteiger partial charge is 0.338 e. The molecule has 0 unspecified atom stereocenters. The number of carbonyl (C=O) groups is 1. The summed E-state index contributed by atoms with van der Waals surface area (Å²) < 4.78 is 1.84. The molecule has 3 aromatic heterocycles. The zero-order chi connectivity index (χ0) is 12.5. The molecule has 0 aliphatic rings. The Morgan fingerprint density at radius 3 is 2.61 bits per heavy atom. The molecule has 88 valence electrons. The summed E-state index contributed by atoms with van der Waals surface area (Å²) in [6.45, 7) is 0. The number of pyridine rings is 1. The minimum Gasteiger partial charge on any atom is -0.478 e. The zero-order valence-electron chi connectivity index (χ0n) is 9.19. The number of imidazole rings is 1. The van der Waals surface area contributed by atoms with E-state index in [1.807, 2.05) is 28.8 Å². The summed E-state index contributed by atoms with van der Waals surface area (Å²) in [5, 5.41) is 8.78. The fourth-order valence-corrected chi connectivity index (χ4v) is 1.67. The van der Waals surface area contributed by atoms with E-state index in [-0.39, 0.29) is 5.56 Å². The van der Waals surface area contributed by atoms with Crippen LogP contribution in [0.25, 0.3) is 17.2 Å². The van der Waals surface area contributed by atoms with Crippen molar-refractivity contribution < 1.29 is 9.90 Å². The minimum absolute atomic E-state index is 0.0626. The van der Waals surface area contributed by atoms with Crippen LogP contribution in [0.4, 0.5) is 0 Å². The summed E-state index contributed by atoms with van der Waals surface area (Å²) in [5.41, 5.74) is 1.58. The average molecular weight is 240 g/mol. The summed E-state index contributed by atoms with van der Waals surface area (Å²) >= 11 is 0. The molecule has 0 aliphatic carbocycles. The van der Waals surface area contributed by atoms with E-state index in [0.717, 1.165) is 11.3 Å². The summed E-state index contributed by atoms with van der Waals surface area (Å²) in [5.74, 6) is -0.599. The van der Waals surface area contributed by atoms with Crippen LogP contribution in [-0.2, 0) is 0 Å². The van der Waals surface area contributed by atoms with Gasteiger partial charge in [-0.05, 0) is 12.1 Å². The number of hydrogen-bond donors (Lipinski definition) is 1. The lowest BCUT2D eigenvalue weighted by molar-refractivity contribution is 0.0696. The largest absolute Gasteiger partial charge is 0.478 e. The van der Waals surface area contributed by atoms with Crippen LogP contribution in [0.5, 0.6) is 0 Å². The molecular formula is C12H8N4O2. The molecule has 0 spiro atoms. The van der Waals surface area contributed by atoms with Gasteiger partial charge in [-0.25, -0.2) is 19.7 Å². The van der Waals surface area contributed by atoms with Gasteiger partial charge in [0.25, 0.3) is 0 Å². The second-order valence-electron chi connectivity index (χ2n) is 3.67. The Labute approximate surface area is 102 Å². The maximum Gasteiger partial charge on any atom is 0.338 e. The molecule has 0 fully saturated rings. The maximum absolute atomic E-state index is 10.7. The van der Waals surface area contributed by atoms with Gasteiger partial charge in [-0.1, -0.05) is 6.07 Å². The number of carboxylic acids is 1. The van der Waals surface area contributed by atoms with Gasteiger partial charge in [0.15, 0.2) is 5.82 Å². The molecule has 0 aliphatic heterocycles. The molecule has 0 amide bonds. The number of aromatic nitrogens is 4. The van der Waals surface area contributed by atoms with Gasteiger partial charge in [-0.3, -0.25) is 4.40 Å². The molecular weight excluding hydrogens is 232 g/mol. The first kappa shape index (κ1) is 10.4. The van der Waals surface area contributed by atoms with E-state index in [9.17, 15) is 4.79 Å². The quantitative estimate of drug-likeness (QED) is 0.734. The Balaban J connectivity index is 2.12. The van der Waals surface area contributed by atoms with Crippen LogP contribution in [0.1, 0.15) is 10.4 Å². The van der Waals surface area contributed by atoms with Crippen molar-refractivity contribution in [2.45, 2.75) is 0 Å². The molecule has 3 aromatic rings. The van der Waals surface area contributed by atoms with Gasteiger partial charge in [0.2, 0.25) is 0 Å². The van der Waals surface area contributed by atoms with E-state index >= 15 is 0 Å². The third-order valence-corrected chi connectivity index (χ3v) is 2.54. The van der Waals surface area contributed by atoms with E-state index in [2.05, 4.69) is 15.0 Å². The molecule has 0 saturated carbocycles.